The number of nitrogens with zero attached hydrogens (tertiary/aromatic N) is 1. The lowest BCUT2D eigenvalue weighted by atomic mass is 10.3. The summed E-state index contributed by atoms with van der Waals surface area (Å²) in [6.07, 6.45) is 0. The Bertz CT molecular complexity index is 513. The van der Waals surface area contributed by atoms with Gasteiger partial charge in [-0.1, -0.05) is 0 Å². The van der Waals surface area contributed by atoms with E-state index in [0.29, 0.717) is 0 Å². The van der Waals surface area contributed by atoms with E-state index in [0.717, 1.165) is 13.2 Å². The number of aromatic nitrogens is 1. The van der Waals surface area contributed by atoms with Crippen LogP contribution in [-0.4, -0.2) is 33.6 Å². The number of rotatable bonds is 3. The van der Waals surface area contributed by atoms with Crippen LogP contribution in [0, 0.1) is 0 Å². The molecule has 0 radical (unpaired) electrons. The molecule has 1 rings (SSSR count). The first-order valence-corrected chi connectivity index (χ1v) is 6.28. The molecule has 1 aromatic heterocycles. The number of carbonyl (C=O) groups is 1. The minimum atomic E-state index is -4.03. The molecule has 0 amide bonds. The van der Waals surface area contributed by atoms with Gasteiger partial charge in [-0.05, 0) is 0 Å². The van der Waals surface area contributed by atoms with Crippen LogP contribution in [0.15, 0.2) is 17.2 Å². The van der Waals surface area contributed by atoms with Gasteiger partial charge in [0, 0.05) is 22.8 Å². The summed E-state index contributed by atoms with van der Waals surface area (Å²) in [6.45, 7) is 0. The number of hydrogen-bond donors (Lipinski definition) is 0. The molecule has 0 bridgehead atoms. The van der Waals surface area contributed by atoms with Crippen LogP contribution in [-0.2, 0) is 13.8 Å². The highest BCUT2D eigenvalue weighted by molar-refractivity contribution is 8.13. The lowest BCUT2D eigenvalue weighted by Crippen LogP contribution is -2.08. The quantitative estimate of drug-likeness (QED) is 0.594. The fourth-order valence-electron chi connectivity index (χ4n) is 0.933. The summed E-state index contributed by atoms with van der Waals surface area (Å²) in [5, 5.41) is -0.464. The number of halogens is 1. The number of ether oxygens (including phenoxy) is 2. The number of carbonyl (C=O) groups excluding carboxylic acids is 1. The fourth-order valence-corrected chi connectivity index (χ4v) is 1.63. The minimum absolute atomic E-state index is 0.148. The highest BCUT2D eigenvalue weighted by Crippen LogP contribution is 2.20. The van der Waals surface area contributed by atoms with Crippen molar-refractivity contribution in [3.8, 4) is 5.75 Å². The van der Waals surface area contributed by atoms with Crippen LogP contribution in [0.4, 0.5) is 0 Å². The van der Waals surface area contributed by atoms with Crippen molar-refractivity contribution < 1.29 is 22.7 Å². The van der Waals surface area contributed by atoms with E-state index >= 15 is 0 Å². The molecule has 0 aliphatic rings. The van der Waals surface area contributed by atoms with Gasteiger partial charge in [0.1, 0.15) is 5.75 Å². The molecule has 0 spiro atoms. The monoisotopic (exact) mass is 265 g/mol. The Hall–Kier alpha value is -1.34. The molecule has 0 aliphatic carbocycles. The van der Waals surface area contributed by atoms with Crippen LogP contribution in [0.3, 0.4) is 0 Å². The summed E-state index contributed by atoms with van der Waals surface area (Å²) >= 11 is 0. The van der Waals surface area contributed by atoms with E-state index in [4.69, 9.17) is 15.4 Å². The van der Waals surface area contributed by atoms with Crippen LogP contribution < -0.4 is 4.74 Å². The Morgan fingerprint density at radius 1 is 1.38 bits per heavy atom. The zero-order valence-corrected chi connectivity index (χ0v) is 10.0. The highest BCUT2D eigenvalue weighted by Gasteiger charge is 2.18. The Morgan fingerprint density at radius 2 is 2.00 bits per heavy atom. The third kappa shape index (κ3) is 2.83. The second-order valence-corrected chi connectivity index (χ2v) is 5.17. The predicted octanol–water partition coefficient (Wildman–Crippen LogP) is 0.804. The maximum absolute atomic E-state index is 11.2. The lowest BCUT2D eigenvalue weighted by Gasteiger charge is -2.04. The highest BCUT2D eigenvalue weighted by atomic mass is 35.7. The smallest absolute Gasteiger partial charge is 0.356 e. The summed E-state index contributed by atoms with van der Waals surface area (Å²) in [6, 6.07) is 2.35. The molecule has 0 atom stereocenters. The number of pyridine rings is 1. The Balaban J connectivity index is 3.38. The molecule has 6 nitrogen and oxygen atoms in total. The van der Waals surface area contributed by atoms with Crippen LogP contribution in [0.1, 0.15) is 10.5 Å². The number of methoxy groups -OCH3 is 2. The summed E-state index contributed by atoms with van der Waals surface area (Å²) in [7, 11) is 3.55. The average Bonchev–Trinajstić information content (AvgIpc) is 2.26. The largest absolute Gasteiger partial charge is 0.497 e. The number of hydrogen-bond acceptors (Lipinski definition) is 6. The van der Waals surface area contributed by atoms with Crippen LogP contribution in [0.2, 0.25) is 0 Å². The van der Waals surface area contributed by atoms with Crippen molar-refractivity contribution in [2.24, 2.45) is 0 Å². The van der Waals surface area contributed by atoms with Crippen molar-refractivity contribution in [1.82, 2.24) is 4.98 Å². The topological polar surface area (TPSA) is 82.6 Å². The maximum atomic E-state index is 11.2. The van der Waals surface area contributed by atoms with Crippen LogP contribution in [0.25, 0.3) is 0 Å². The van der Waals surface area contributed by atoms with E-state index < -0.39 is 20.0 Å². The van der Waals surface area contributed by atoms with Crippen LogP contribution >= 0.6 is 10.7 Å². The molecule has 0 saturated heterocycles. The van der Waals surface area contributed by atoms with E-state index in [1.807, 2.05) is 0 Å². The summed E-state index contributed by atoms with van der Waals surface area (Å²) in [5.74, 6) is -0.630. The van der Waals surface area contributed by atoms with E-state index in [1.54, 1.807) is 0 Å². The third-order valence-corrected chi connectivity index (χ3v) is 2.84. The Labute approximate surface area is 96.6 Å². The van der Waals surface area contributed by atoms with E-state index in [-0.39, 0.29) is 11.4 Å². The molecular formula is C8H8ClNO5S. The SMILES string of the molecule is COC(=O)c1cc(OC)cc(S(=O)(=O)Cl)n1. The van der Waals surface area contributed by atoms with E-state index in [2.05, 4.69) is 9.72 Å². The van der Waals surface area contributed by atoms with Gasteiger partial charge in [-0.15, -0.1) is 0 Å². The van der Waals surface area contributed by atoms with Gasteiger partial charge in [0.15, 0.2) is 10.7 Å². The van der Waals surface area contributed by atoms with Crippen molar-refractivity contribution in [3.05, 3.63) is 17.8 Å². The number of esters is 1. The van der Waals surface area contributed by atoms with Crippen molar-refractivity contribution in [1.29, 1.82) is 0 Å². The molecule has 0 aliphatic heterocycles. The van der Waals surface area contributed by atoms with E-state index in [1.165, 1.54) is 13.2 Å². The molecule has 1 aromatic rings. The summed E-state index contributed by atoms with van der Waals surface area (Å²) in [4.78, 5) is 14.7. The normalized spacial score (nSPS) is 10.9. The predicted molar refractivity (Wildman–Crippen MR) is 55.2 cm³/mol. The Kier molecular flexibility index (Phi) is 3.71. The molecule has 0 aromatic carbocycles. The van der Waals surface area contributed by atoms with Crippen molar-refractivity contribution in [2.45, 2.75) is 5.03 Å². The third-order valence-electron chi connectivity index (χ3n) is 1.66. The lowest BCUT2D eigenvalue weighted by molar-refractivity contribution is 0.0592. The fraction of sp³-hybridized carbons (Fsp3) is 0.250. The average molecular weight is 266 g/mol. The van der Waals surface area contributed by atoms with Crippen LogP contribution in [0.5, 0.6) is 5.75 Å². The van der Waals surface area contributed by atoms with Gasteiger partial charge >= 0.3 is 5.97 Å². The van der Waals surface area contributed by atoms with Gasteiger partial charge in [-0.25, -0.2) is 18.2 Å². The molecule has 16 heavy (non-hydrogen) atoms. The molecule has 0 saturated carbocycles. The minimum Gasteiger partial charge on any atom is -0.497 e. The van der Waals surface area contributed by atoms with Crippen molar-refractivity contribution >= 4 is 25.7 Å². The van der Waals surface area contributed by atoms with Crippen molar-refractivity contribution in [2.75, 3.05) is 14.2 Å². The molecule has 1 heterocycles. The summed E-state index contributed by atoms with van der Waals surface area (Å²) in [5.41, 5.74) is -0.193. The van der Waals surface area contributed by atoms with Gasteiger partial charge in [0.2, 0.25) is 0 Å². The van der Waals surface area contributed by atoms with E-state index in [9.17, 15) is 13.2 Å². The van der Waals surface area contributed by atoms with Gasteiger partial charge in [-0.2, -0.15) is 0 Å². The molecule has 8 heteroatoms. The molecule has 0 N–H and O–H groups in total. The zero-order valence-electron chi connectivity index (χ0n) is 8.43. The second-order valence-electron chi connectivity index (χ2n) is 2.66. The van der Waals surface area contributed by atoms with Gasteiger partial charge < -0.3 is 9.47 Å². The maximum Gasteiger partial charge on any atom is 0.356 e. The first-order valence-electron chi connectivity index (χ1n) is 3.97. The van der Waals surface area contributed by atoms with Gasteiger partial charge in [0.25, 0.3) is 9.05 Å². The first-order chi connectivity index (χ1) is 7.38. The first kappa shape index (κ1) is 12.7. The zero-order chi connectivity index (χ0) is 12.3. The summed E-state index contributed by atoms with van der Waals surface area (Å²) < 4.78 is 31.3. The Morgan fingerprint density at radius 3 is 2.44 bits per heavy atom. The molecule has 0 fully saturated rings. The molecule has 0 unspecified atom stereocenters. The van der Waals surface area contributed by atoms with Gasteiger partial charge in [-0.3, -0.25) is 0 Å². The van der Waals surface area contributed by atoms with Gasteiger partial charge in [0.05, 0.1) is 14.2 Å². The van der Waals surface area contributed by atoms with Crippen molar-refractivity contribution in [3.63, 3.8) is 0 Å². The second kappa shape index (κ2) is 4.67. The molecular weight excluding hydrogens is 258 g/mol. The molecule has 88 valence electrons. The standard InChI is InChI=1S/C8H8ClNO5S/c1-14-5-3-6(8(11)15-2)10-7(4-5)16(9,12)13/h3-4H,1-2H3.